The number of nitrogens with one attached hydrogen (secondary N) is 1. The summed E-state index contributed by atoms with van der Waals surface area (Å²) in [5, 5.41) is 2.74. The molecule has 0 bridgehead atoms. The number of ether oxygens (including phenoxy) is 4. The number of hydrogen-bond acceptors (Lipinski definition) is 7. The Morgan fingerprint density at radius 1 is 0.655 bits per heavy atom. The van der Waals surface area contributed by atoms with E-state index in [4.69, 9.17) is 18.9 Å². The second-order valence-electron chi connectivity index (χ2n) is 5.44. The standard InChI is InChI=1S/C20H23NO6S2/c1-24-17-7-5-8-18(25-2)15(17)11-13-28(22)21-29(23)14-12-16-19(26-3)9-6-10-20(16)27-4/h5-14,21H,1-4H3. The maximum Gasteiger partial charge on any atom is 0.143 e. The zero-order chi connectivity index (χ0) is 21.2. The molecule has 156 valence electrons. The van der Waals surface area contributed by atoms with E-state index in [0.717, 1.165) is 0 Å². The van der Waals surface area contributed by atoms with Gasteiger partial charge < -0.3 is 28.1 Å². The van der Waals surface area contributed by atoms with Gasteiger partial charge in [-0.15, -0.1) is 0 Å². The van der Waals surface area contributed by atoms with Crippen LogP contribution in [0.5, 0.6) is 23.0 Å². The van der Waals surface area contributed by atoms with Crippen LogP contribution >= 0.6 is 0 Å². The van der Waals surface area contributed by atoms with Crippen molar-refractivity contribution in [1.82, 2.24) is 4.13 Å². The second kappa shape index (κ2) is 11.6. The van der Waals surface area contributed by atoms with Gasteiger partial charge in [-0.05, 0) is 24.3 Å². The minimum Gasteiger partial charge on any atom is -0.590 e. The van der Waals surface area contributed by atoms with Crippen LogP contribution in [0.4, 0.5) is 0 Å². The lowest BCUT2D eigenvalue weighted by molar-refractivity contribution is 0.392. The van der Waals surface area contributed by atoms with Gasteiger partial charge in [0.1, 0.15) is 56.5 Å². The van der Waals surface area contributed by atoms with Crippen LogP contribution in [-0.2, 0) is 22.7 Å². The van der Waals surface area contributed by atoms with Crippen molar-refractivity contribution in [2.24, 2.45) is 0 Å². The normalized spacial score (nSPS) is 13.4. The summed E-state index contributed by atoms with van der Waals surface area (Å²) in [6, 6.07) is 10.6. The summed E-state index contributed by atoms with van der Waals surface area (Å²) in [4.78, 5) is 0. The Hall–Kier alpha value is -2.30. The van der Waals surface area contributed by atoms with Crippen molar-refractivity contribution in [3.63, 3.8) is 0 Å². The molecule has 0 aliphatic heterocycles. The molecule has 0 aliphatic rings. The van der Waals surface area contributed by atoms with E-state index in [1.807, 2.05) is 0 Å². The number of hydrogen-bond donors (Lipinski definition) is 1. The molecule has 0 saturated carbocycles. The summed E-state index contributed by atoms with van der Waals surface area (Å²) in [5.41, 5.74) is 1.26. The van der Waals surface area contributed by atoms with Crippen molar-refractivity contribution in [3.05, 3.63) is 58.3 Å². The summed E-state index contributed by atoms with van der Waals surface area (Å²) in [6.45, 7) is 0. The molecule has 0 aromatic heterocycles. The Labute approximate surface area is 176 Å². The fourth-order valence-corrected chi connectivity index (χ4v) is 4.10. The Morgan fingerprint density at radius 2 is 0.966 bits per heavy atom. The zero-order valence-electron chi connectivity index (χ0n) is 16.5. The average Bonchev–Trinajstić information content (AvgIpc) is 2.75. The summed E-state index contributed by atoms with van der Waals surface area (Å²) in [6.07, 6.45) is 3.18. The van der Waals surface area contributed by atoms with Crippen LogP contribution in [-0.4, -0.2) is 37.5 Å². The van der Waals surface area contributed by atoms with Crippen molar-refractivity contribution < 1.29 is 28.1 Å². The zero-order valence-corrected chi connectivity index (χ0v) is 18.2. The number of benzene rings is 2. The number of rotatable bonds is 10. The number of methoxy groups -OCH3 is 4. The van der Waals surface area contributed by atoms with Gasteiger partial charge in [0.25, 0.3) is 0 Å². The van der Waals surface area contributed by atoms with E-state index < -0.39 is 22.7 Å². The van der Waals surface area contributed by atoms with E-state index in [1.54, 1.807) is 48.6 Å². The van der Waals surface area contributed by atoms with Crippen LogP contribution in [0.15, 0.2) is 47.2 Å². The van der Waals surface area contributed by atoms with Crippen molar-refractivity contribution in [3.8, 4) is 23.0 Å². The van der Waals surface area contributed by atoms with E-state index in [1.165, 1.54) is 39.3 Å². The molecule has 1 N–H and O–H groups in total. The monoisotopic (exact) mass is 437 g/mol. The molecule has 0 fully saturated rings. The van der Waals surface area contributed by atoms with Crippen LogP contribution < -0.4 is 23.1 Å². The van der Waals surface area contributed by atoms with Crippen LogP contribution in [0.25, 0.3) is 12.2 Å². The van der Waals surface area contributed by atoms with Crippen LogP contribution in [0.2, 0.25) is 0 Å². The molecular weight excluding hydrogens is 414 g/mol. The summed E-state index contributed by atoms with van der Waals surface area (Å²) in [7, 11) is 6.14. The quantitative estimate of drug-likeness (QED) is 0.570. The molecule has 2 aromatic carbocycles. The smallest absolute Gasteiger partial charge is 0.143 e. The molecule has 2 rings (SSSR count). The fourth-order valence-electron chi connectivity index (χ4n) is 2.48. The van der Waals surface area contributed by atoms with Crippen molar-refractivity contribution >= 4 is 34.9 Å². The highest BCUT2D eigenvalue weighted by molar-refractivity contribution is 8.07. The lowest BCUT2D eigenvalue weighted by Gasteiger charge is -2.11. The predicted molar refractivity (Wildman–Crippen MR) is 117 cm³/mol. The molecule has 2 atom stereocenters. The van der Waals surface area contributed by atoms with Gasteiger partial charge in [-0.3, -0.25) is 0 Å². The molecule has 29 heavy (non-hydrogen) atoms. The van der Waals surface area contributed by atoms with E-state index in [-0.39, 0.29) is 0 Å². The molecular formula is C20H23NO6S2. The highest BCUT2D eigenvalue weighted by Gasteiger charge is 2.15. The topological polar surface area (TPSA) is 95.1 Å². The first-order valence-electron chi connectivity index (χ1n) is 8.39. The van der Waals surface area contributed by atoms with Gasteiger partial charge in [-0.1, -0.05) is 12.1 Å². The van der Waals surface area contributed by atoms with Crippen LogP contribution in [0.3, 0.4) is 0 Å². The Kier molecular flexibility index (Phi) is 9.23. The van der Waals surface area contributed by atoms with Gasteiger partial charge in [0, 0.05) is 16.3 Å². The maximum absolute atomic E-state index is 12.2. The van der Waals surface area contributed by atoms with Gasteiger partial charge in [-0.2, -0.15) is 0 Å². The predicted octanol–water partition coefficient (Wildman–Crippen LogP) is 3.28. The molecule has 2 aromatic rings. The Balaban J connectivity index is 2.08. The van der Waals surface area contributed by atoms with E-state index in [9.17, 15) is 9.11 Å². The lowest BCUT2D eigenvalue weighted by Crippen LogP contribution is -2.27. The van der Waals surface area contributed by atoms with Crippen LogP contribution in [0, 0.1) is 0 Å². The van der Waals surface area contributed by atoms with E-state index in [0.29, 0.717) is 34.1 Å². The largest absolute Gasteiger partial charge is 0.590 e. The third kappa shape index (κ3) is 6.34. The first-order valence-corrected chi connectivity index (χ1v) is 10.8. The van der Waals surface area contributed by atoms with Crippen LogP contribution in [0.1, 0.15) is 11.1 Å². The summed E-state index contributed by atoms with van der Waals surface area (Å²) in [5.74, 6) is 2.28. The second-order valence-corrected chi connectivity index (χ2v) is 7.84. The van der Waals surface area contributed by atoms with Crippen molar-refractivity contribution in [1.29, 1.82) is 0 Å². The third-order valence-corrected chi connectivity index (χ3v) is 5.89. The SMILES string of the molecule is COc1cccc(OC)c1C=C[S+]([O-])N[S+]([O-])C=Cc1c(OC)cccc1OC. The first kappa shape index (κ1) is 23.0. The molecule has 0 saturated heterocycles. The molecule has 0 spiro atoms. The molecule has 0 heterocycles. The molecule has 7 nitrogen and oxygen atoms in total. The Morgan fingerprint density at radius 3 is 1.24 bits per heavy atom. The summed E-state index contributed by atoms with van der Waals surface area (Å²) >= 11 is -3.40. The maximum atomic E-state index is 12.2. The van der Waals surface area contributed by atoms with Crippen molar-refractivity contribution in [2.75, 3.05) is 28.4 Å². The van der Waals surface area contributed by atoms with Crippen molar-refractivity contribution in [2.45, 2.75) is 0 Å². The Bertz CT molecular complexity index is 745. The fraction of sp³-hybridized carbons (Fsp3) is 0.200. The average molecular weight is 438 g/mol. The van der Waals surface area contributed by atoms with Gasteiger partial charge in [0.15, 0.2) is 0 Å². The minimum absolute atomic E-state index is 0.571. The molecule has 9 heteroatoms. The third-order valence-electron chi connectivity index (χ3n) is 3.81. The van der Waals surface area contributed by atoms with Gasteiger partial charge >= 0.3 is 0 Å². The molecule has 0 aliphatic carbocycles. The lowest BCUT2D eigenvalue weighted by atomic mass is 10.2. The first-order chi connectivity index (χ1) is 14.0. The summed E-state index contributed by atoms with van der Waals surface area (Å²) < 4.78 is 48.1. The van der Waals surface area contributed by atoms with Gasteiger partial charge in [0.05, 0.1) is 39.6 Å². The van der Waals surface area contributed by atoms with E-state index >= 15 is 0 Å². The highest BCUT2D eigenvalue weighted by Crippen LogP contribution is 2.30. The highest BCUT2D eigenvalue weighted by atomic mass is 32.3. The van der Waals surface area contributed by atoms with Gasteiger partial charge in [-0.25, -0.2) is 0 Å². The molecule has 0 amide bonds. The van der Waals surface area contributed by atoms with E-state index in [2.05, 4.69) is 4.13 Å². The van der Waals surface area contributed by atoms with Gasteiger partial charge in [0.2, 0.25) is 0 Å². The minimum atomic E-state index is -1.70. The molecule has 0 radical (unpaired) electrons. The molecule has 2 unspecified atom stereocenters.